The molecule has 2 heterocycles. The molecule has 7 heteroatoms. The third kappa shape index (κ3) is 2.17. The van der Waals surface area contributed by atoms with Crippen LogP contribution >= 0.6 is 0 Å². The predicted octanol–water partition coefficient (Wildman–Crippen LogP) is 0.0461. The molecule has 0 saturated carbocycles. The summed E-state index contributed by atoms with van der Waals surface area (Å²) in [6, 6.07) is -0.481. The molecule has 3 N–H and O–H groups in total. The fraction of sp³-hybridized carbons (Fsp3) is 0.400. The molecule has 17 heavy (non-hydrogen) atoms. The number of carbonyl (C=O) groups excluding carboxylic acids is 1. The van der Waals surface area contributed by atoms with Gasteiger partial charge in [-0.1, -0.05) is 13.8 Å². The SMILES string of the molecule is CC(C)C(Nc1nccn2cnnc12)C(N)=O. The molecule has 1 unspecified atom stereocenters. The average molecular weight is 234 g/mol. The second kappa shape index (κ2) is 4.36. The lowest BCUT2D eigenvalue weighted by Crippen LogP contribution is -2.39. The van der Waals surface area contributed by atoms with Crippen molar-refractivity contribution in [2.24, 2.45) is 11.7 Å². The Morgan fingerprint density at radius 1 is 1.53 bits per heavy atom. The highest BCUT2D eigenvalue weighted by atomic mass is 16.1. The Hall–Kier alpha value is -2.18. The molecule has 0 spiro atoms. The van der Waals surface area contributed by atoms with Crippen LogP contribution in [-0.4, -0.2) is 31.5 Å². The monoisotopic (exact) mass is 234 g/mol. The molecule has 1 amide bonds. The van der Waals surface area contributed by atoms with Crippen LogP contribution in [0.3, 0.4) is 0 Å². The Bertz CT molecular complexity index is 534. The lowest BCUT2D eigenvalue weighted by atomic mass is 10.0. The maximum atomic E-state index is 11.3. The first kappa shape index (κ1) is 11.3. The predicted molar refractivity (Wildman–Crippen MR) is 62.2 cm³/mol. The molecule has 0 aromatic carbocycles. The van der Waals surface area contributed by atoms with Crippen molar-refractivity contribution in [2.45, 2.75) is 19.9 Å². The minimum absolute atomic E-state index is 0.0671. The number of nitrogens with zero attached hydrogens (tertiary/aromatic N) is 4. The van der Waals surface area contributed by atoms with Crippen LogP contribution in [0.15, 0.2) is 18.7 Å². The van der Waals surface area contributed by atoms with E-state index in [4.69, 9.17) is 5.73 Å². The summed E-state index contributed by atoms with van der Waals surface area (Å²) >= 11 is 0. The van der Waals surface area contributed by atoms with Gasteiger partial charge in [0.1, 0.15) is 12.4 Å². The Morgan fingerprint density at radius 2 is 2.29 bits per heavy atom. The summed E-state index contributed by atoms with van der Waals surface area (Å²) in [4.78, 5) is 15.5. The molecular formula is C10H14N6O. The number of hydrogen-bond acceptors (Lipinski definition) is 5. The summed E-state index contributed by atoms with van der Waals surface area (Å²) in [6.45, 7) is 3.82. The third-order valence-electron chi connectivity index (χ3n) is 2.48. The molecule has 2 aromatic rings. The van der Waals surface area contributed by atoms with Crippen LogP contribution in [0.1, 0.15) is 13.8 Å². The van der Waals surface area contributed by atoms with Crippen molar-refractivity contribution in [3.63, 3.8) is 0 Å². The fourth-order valence-corrected chi connectivity index (χ4v) is 1.57. The number of nitrogens with one attached hydrogen (secondary N) is 1. The van der Waals surface area contributed by atoms with Crippen LogP contribution in [0.2, 0.25) is 0 Å². The van der Waals surface area contributed by atoms with Crippen molar-refractivity contribution < 1.29 is 4.79 Å². The third-order valence-corrected chi connectivity index (χ3v) is 2.48. The summed E-state index contributed by atoms with van der Waals surface area (Å²) < 4.78 is 1.72. The second-order valence-corrected chi connectivity index (χ2v) is 4.11. The second-order valence-electron chi connectivity index (χ2n) is 4.11. The van der Waals surface area contributed by atoms with Crippen LogP contribution in [0.4, 0.5) is 5.82 Å². The molecule has 0 bridgehead atoms. The Labute approximate surface area is 98.1 Å². The van der Waals surface area contributed by atoms with Gasteiger partial charge < -0.3 is 11.1 Å². The highest BCUT2D eigenvalue weighted by molar-refractivity contribution is 5.84. The van der Waals surface area contributed by atoms with Gasteiger partial charge in [-0.3, -0.25) is 9.20 Å². The minimum Gasteiger partial charge on any atom is -0.368 e. The van der Waals surface area contributed by atoms with Crippen molar-refractivity contribution in [3.8, 4) is 0 Å². The largest absolute Gasteiger partial charge is 0.368 e. The van der Waals surface area contributed by atoms with Gasteiger partial charge in [-0.05, 0) is 5.92 Å². The van der Waals surface area contributed by atoms with E-state index in [9.17, 15) is 4.79 Å². The van der Waals surface area contributed by atoms with E-state index in [0.29, 0.717) is 11.5 Å². The Kier molecular flexibility index (Phi) is 2.90. The number of aromatic nitrogens is 4. The van der Waals surface area contributed by atoms with Gasteiger partial charge in [0.25, 0.3) is 0 Å². The zero-order valence-corrected chi connectivity index (χ0v) is 9.66. The molecular weight excluding hydrogens is 220 g/mol. The smallest absolute Gasteiger partial charge is 0.240 e. The molecule has 0 radical (unpaired) electrons. The van der Waals surface area contributed by atoms with E-state index in [0.717, 1.165) is 0 Å². The van der Waals surface area contributed by atoms with Crippen molar-refractivity contribution >= 4 is 17.4 Å². The van der Waals surface area contributed by atoms with Crippen LogP contribution in [-0.2, 0) is 4.79 Å². The lowest BCUT2D eigenvalue weighted by Gasteiger charge is -2.19. The number of amides is 1. The summed E-state index contributed by atoms with van der Waals surface area (Å²) in [5.41, 5.74) is 5.90. The van der Waals surface area contributed by atoms with E-state index in [1.165, 1.54) is 0 Å². The van der Waals surface area contributed by atoms with Gasteiger partial charge in [-0.25, -0.2) is 4.98 Å². The molecule has 1 atom stereocenters. The van der Waals surface area contributed by atoms with E-state index in [1.807, 2.05) is 13.8 Å². The number of carbonyl (C=O) groups is 1. The summed E-state index contributed by atoms with van der Waals surface area (Å²) in [6.07, 6.45) is 4.91. The standard InChI is InChI=1S/C10H14N6O/c1-6(2)7(8(11)17)14-9-10-15-13-5-16(10)4-3-12-9/h3-7H,1-2H3,(H2,11,17)(H,12,14). The quantitative estimate of drug-likeness (QED) is 0.778. The van der Waals surface area contributed by atoms with Gasteiger partial charge in [0, 0.05) is 12.4 Å². The number of rotatable bonds is 4. The van der Waals surface area contributed by atoms with Crippen molar-refractivity contribution in [1.82, 2.24) is 19.6 Å². The average Bonchev–Trinajstić information content (AvgIpc) is 2.73. The highest BCUT2D eigenvalue weighted by Gasteiger charge is 2.21. The normalized spacial score (nSPS) is 12.9. The van der Waals surface area contributed by atoms with Gasteiger partial charge >= 0.3 is 0 Å². The van der Waals surface area contributed by atoms with Crippen LogP contribution in [0.5, 0.6) is 0 Å². The van der Waals surface area contributed by atoms with Crippen molar-refractivity contribution in [3.05, 3.63) is 18.7 Å². The fourth-order valence-electron chi connectivity index (χ4n) is 1.57. The van der Waals surface area contributed by atoms with Crippen molar-refractivity contribution in [1.29, 1.82) is 0 Å². The number of primary amides is 1. The summed E-state index contributed by atoms with van der Waals surface area (Å²) in [5.74, 6) is 0.156. The van der Waals surface area contributed by atoms with Crippen LogP contribution in [0, 0.1) is 5.92 Å². The minimum atomic E-state index is -0.481. The topological polar surface area (TPSA) is 98.2 Å². The maximum absolute atomic E-state index is 11.3. The van der Waals surface area contributed by atoms with E-state index < -0.39 is 11.9 Å². The van der Waals surface area contributed by atoms with Gasteiger partial charge in [0.15, 0.2) is 5.82 Å². The number of anilines is 1. The number of nitrogens with two attached hydrogens (primary N) is 1. The number of hydrogen-bond donors (Lipinski definition) is 2. The van der Waals surface area contributed by atoms with E-state index in [1.54, 1.807) is 23.1 Å². The zero-order chi connectivity index (χ0) is 12.4. The maximum Gasteiger partial charge on any atom is 0.240 e. The van der Waals surface area contributed by atoms with E-state index in [2.05, 4.69) is 20.5 Å². The molecule has 7 nitrogen and oxygen atoms in total. The lowest BCUT2D eigenvalue weighted by molar-refractivity contribution is -0.119. The zero-order valence-electron chi connectivity index (χ0n) is 9.66. The molecule has 0 fully saturated rings. The van der Waals surface area contributed by atoms with E-state index >= 15 is 0 Å². The van der Waals surface area contributed by atoms with Gasteiger partial charge in [-0.2, -0.15) is 0 Å². The summed E-state index contributed by atoms with van der Waals surface area (Å²) in [5, 5.41) is 10.7. The van der Waals surface area contributed by atoms with Gasteiger partial charge in [0.2, 0.25) is 11.6 Å². The first-order chi connectivity index (χ1) is 8.09. The van der Waals surface area contributed by atoms with Gasteiger partial charge in [-0.15, -0.1) is 10.2 Å². The molecule has 0 aliphatic heterocycles. The number of fused-ring (bicyclic) bond motifs is 1. The van der Waals surface area contributed by atoms with Crippen LogP contribution in [0.25, 0.3) is 5.65 Å². The molecule has 0 saturated heterocycles. The van der Waals surface area contributed by atoms with Crippen molar-refractivity contribution in [2.75, 3.05) is 5.32 Å². The van der Waals surface area contributed by atoms with E-state index in [-0.39, 0.29) is 5.92 Å². The first-order valence-electron chi connectivity index (χ1n) is 5.30. The van der Waals surface area contributed by atoms with Gasteiger partial charge in [0.05, 0.1) is 0 Å². The molecule has 0 aliphatic rings. The summed E-state index contributed by atoms with van der Waals surface area (Å²) in [7, 11) is 0. The Morgan fingerprint density at radius 3 is 2.94 bits per heavy atom. The highest BCUT2D eigenvalue weighted by Crippen LogP contribution is 2.14. The Balaban J connectivity index is 2.34. The molecule has 90 valence electrons. The first-order valence-corrected chi connectivity index (χ1v) is 5.30. The molecule has 2 aromatic heterocycles. The molecule has 0 aliphatic carbocycles. The molecule has 2 rings (SSSR count). The van der Waals surface area contributed by atoms with Crippen LogP contribution < -0.4 is 11.1 Å².